The number of nitrogens with zero attached hydrogens (tertiary/aromatic N) is 8. The van der Waals surface area contributed by atoms with Crippen LogP contribution in [0.3, 0.4) is 0 Å². The molecule has 0 saturated heterocycles. The summed E-state index contributed by atoms with van der Waals surface area (Å²) in [4.78, 5) is 9.06. The maximum Gasteiger partial charge on any atom is 0.150 e. The van der Waals surface area contributed by atoms with Crippen LogP contribution in [0.4, 0.5) is 5.82 Å². The molecule has 0 spiro atoms. The highest BCUT2D eigenvalue weighted by molar-refractivity contribution is 5.84. The fourth-order valence-electron chi connectivity index (χ4n) is 3.60. The molecule has 4 heterocycles. The van der Waals surface area contributed by atoms with Crippen molar-refractivity contribution < 1.29 is 0 Å². The lowest BCUT2D eigenvalue weighted by molar-refractivity contribution is 0.716. The number of benzene rings is 1. The van der Waals surface area contributed by atoms with Crippen LogP contribution in [0, 0.1) is 11.3 Å². The number of pyridine rings is 1. The van der Waals surface area contributed by atoms with Gasteiger partial charge in [0.1, 0.15) is 28.4 Å². The lowest BCUT2D eigenvalue weighted by Gasteiger charge is -2.13. The Labute approximate surface area is 177 Å². The summed E-state index contributed by atoms with van der Waals surface area (Å²) in [5.41, 5.74) is 11.8. The van der Waals surface area contributed by atoms with Crippen molar-refractivity contribution >= 4 is 11.3 Å². The van der Waals surface area contributed by atoms with Crippen molar-refractivity contribution in [2.75, 3.05) is 5.73 Å². The van der Waals surface area contributed by atoms with Gasteiger partial charge in [0.05, 0.1) is 23.5 Å². The van der Waals surface area contributed by atoms with E-state index in [9.17, 15) is 5.26 Å². The summed E-state index contributed by atoms with van der Waals surface area (Å²) in [6, 6.07) is 17.2. The van der Waals surface area contributed by atoms with Crippen molar-refractivity contribution in [2.45, 2.75) is 6.42 Å². The highest BCUT2D eigenvalue weighted by Gasteiger charge is 2.22. The maximum atomic E-state index is 9.64. The number of nitriles is 1. The third-order valence-electron chi connectivity index (χ3n) is 5.04. The molecule has 0 fully saturated rings. The fourth-order valence-corrected chi connectivity index (χ4v) is 3.60. The Morgan fingerprint density at radius 1 is 1.10 bits per heavy atom. The van der Waals surface area contributed by atoms with Crippen LogP contribution in [0.15, 0.2) is 60.9 Å². The Kier molecular flexibility index (Phi) is 4.37. The number of nitrogens with two attached hydrogens (primary N) is 1. The number of hydrogen-bond acceptors (Lipinski definition) is 7. The minimum absolute atomic E-state index is 0.321. The van der Waals surface area contributed by atoms with Gasteiger partial charge in [-0.15, -0.1) is 5.10 Å². The summed E-state index contributed by atoms with van der Waals surface area (Å²) in [7, 11) is 1.79. The van der Waals surface area contributed by atoms with Gasteiger partial charge in [-0.1, -0.05) is 29.5 Å². The highest BCUT2D eigenvalue weighted by Crippen LogP contribution is 2.34. The molecule has 2 N–H and O–H groups in total. The van der Waals surface area contributed by atoms with E-state index in [0.29, 0.717) is 46.0 Å². The Morgan fingerprint density at radius 2 is 1.94 bits per heavy atom. The number of anilines is 1. The average molecular weight is 407 g/mol. The van der Waals surface area contributed by atoms with Crippen LogP contribution in [-0.2, 0) is 13.5 Å². The van der Waals surface area contributed by atoms with Crippen LogP contribution in [-0.4, -0.2) is 34.6 Å². The molecule has 0 aliphatic carbocycles. The van der Waals surface area contributed by atoms with E-state index in [1.165, 1.54) is 0 Å². The van der Waals surface area contributed by atoms with Gasteiger partial charge < -0.3 is 5.73 Å². The second-order valence-electron chi connectivity index (χ2n) is 7.03. The van der Waals surface area contributed by atoms with Crippen LogP contribution in [0.5, 0.6) is 0 Å². The zero-order valence-electron chi connectivity index (χ0n) is 16.6. The molecular formula is C22H17N9. The number of aromatic nitrogens is 7. The maximum absolute atomic E-state index is 9.64. The van der Waals surface area contributed by atoms with Gasteiger partial charge in [0.2, 0.25) is 0 Å². The van der Waals surface area contributed by atoms with Crippen molar-refractivity contribution in [3.8, 4) is 28.7 Å². The van der Waals surface area contributed by atoms with Crippen LogP contribution in [0.25, 0.3) is 28.2 Å². The molecule has 31 heavy (non-hydrogen) atoms. The Balaban J connectivity index is 1.80. The molecule has 5 aromatic rings. The summed E-state index contributed by atoms with van der Waals surface area (Å²) in [6.07, 6.45) is 3.95. The average Bonchev–Trinajstić information content (AvgIpc) is 3.41. The van der Waals surface area contributed by atoms with E-state index in [0.717, 1.165) is 11.4 Å². The third kappa shape index (κ3) is 3.16. The van der Waals surface area contributed by atoms with Crippen molar-refractivity contribution in [3.05, 3.63) is 77.9 Å². The molecule has 9 heteroatoms. The number of aryl methyl sites for hydroxylation is 1. The van der Waals surface area contributed by atoms with Gasteiger partial charge in [0, 0.05) is 30.9 Å². The molecule has 0 saturated carbocycles. The zero-order chi connectivity index (χ0) is 21.4. The molecule has 0 bridgehead atoms. The van der Waals surface area contributed by atoms with Crippen LogP contribution < -0.4 is 5.73 Å². The van der Waals surface area contributed by atoms with E-state index in [2.05, 4.69) is 26.3 Å². The van der Waals surface area contributed by atoms with E-state index in [1.54, 1.807) is 34.7 Å². The molecular weight excluding hydrogens is 390 g/mol. The number of rotatable bonds is 4. The Bertz CT molecular complexity index is 1440. The highest BCUT2D eigenvalue weighted by atomic mass is 15.4. The molecule has 4 aromatic heterocycles. The molecule has 0 unspecified atom stereocenters. The molecule has 0 atom stereocenters. The zero-order valence-corrected chi connectivity index (χ0v) is 16.6. The van der Waals surface area contributed by atoms with Gasteiger partial charge in [0.25, 0.3) is 0 Å². The lowest BCUT2D eigenvalue weighted by Crippen LogP contribution is -2.08. The van der Waals surface area contributed by atoms with Crippen molar-refractivity contribution in [2.24, 2.45) is 7.05 Å². The van der Waals surface area contributed by atoms with Gasteiger partial charge in [0.15, 0.2) is 0 Å². The molecule has 150 valence electrons. The predicted molar refractivity (Wildman–Crippen MR) is 115 cm³/mol. The summed E-state index contributed by atoms with van der Waals surface area (Å²) in [5.74, 6) is 0.321. The van der Waals surface area contributed by atoms with Crippen LogP contribution in [0.2, 0.25) is 0 Å². The van der Waals surface area contributed by atoms with Gasteiger partial charge in [-0.2, -0.15) is 10.4 Å². The SMILES string of the molecule is Cn1nncc1-c1c(-c2ccccc2C#N)nc(N)c2cc(Cc3ccccn3)nn12. The summed E-state index contributed by atoms with van der Waals surface area (Å²) < 4.78 is 3.40. The van der Waals surface area contributed by atoms with E-state index < -0.39 is 0 Å². The molecule has 1 aromatic carbocycles. The number of hydrogen-bond donors (Lipinski definition) is 1. The van der Waals surface area contributed by atoms with E-state index >= 15 is 0 Å². The minimum Gasteiger partial charge on any atom is -0.382 e. The smallest absolute Gasteiger partial charge is 0.150 e. The van der Waals surface area contributed by atoms with Crippen molar-refractivity contribution in [1.29, 1.82) is 5.26 Å². The Hall–Kier alpha value is -4.58. The molecule has 0 aliphatic heterocycles. The van der Waals surface area contributed by atoms with Gasteiger partial charge in [-0.05, 0) is 24.3 Å². The predicted octanol–water partition coefficient (Wildman–Crippen LogP) is 2.63. The van der Waals surface area contributed by atoms with Gasteiger partial charge in [-0.3, -0.25) is 4.98 Å². The molecule has 0 aliphatic rings. The normalized spacial score (nSPS) is 11.0. The lowest BCUT2D eigenvalue weighted by atomic mass is 10.0. The van der Waals surface area contributed by atoms with E-state index in [1.807, 2.05) is 42.5 Å². The Morgan fingerprint density at radius 3 is 2.68 bits per heavy atom. The topological polar surface area (TPSA) is 124 Å². The number of nitrogen functional groups attached to an aromatic ring is 1. The molecule has 0 amide bonds. The second kappa shape index (κ2) is 7.35. The van der Waals surface area contributed by atoms with Crippen molar-refractivity contribution in [3.63, 3.8) is 0 Å². The first-order valence-corrected chi connectivity index (χ1v) is 9.58. The largest absolute Gasteiger partial charge is 0.382 e. The standard InChI is InChI=1S/C22H17N9/c1-30-19(13-26-29-30)21-20(17-8-3-2-6-14(17)12-23)27-22(24)18-11-16(28-31(18)21)10-15-7-4-5-9-25-15/h2-9,11,13H,10H2,1H3,(H2,24,27). The first-order valence-electron chi connectivity index (χ1n) is 9.58. The van der Waals surface area contributed by atoms with E-state index in [-0.39, 0.29) is 0 Å². The van der Waals surface area contributed by atoms with Gasteiger partial charge in [-0.25, -0.2) is 14.2 Å². The second-order valence-corrected chi connectivity index (χ2v) is 7.03. The summed E-state index contributed by atoms with van der Waals surface area (Å²) in [6.45, 7) is 0. The quantitative estimate of drug-likeness (QED) is 0.486. The van der Waals surface area contributed by atoms with Gasteiger partial charge >= 0.3 is 0 Å². The van der Waals surface area contributed by atoms with Crippen LogP contribution >= 0.6 is 0 Å². The minimum atomic E-state index is 0.321. The fraction of sp³-hybridized carbons (Fsp3) is 0.0909. The van der Waals surface area contributed by atoms with Crippen LogP contribution in [0.1, 0.15) is 17.0 Å². The summed E-state index contributed by atoms with van der Waals surface area (Å²) >= 11 is 0. The first-order chi connectivity index (χ1) is 15.2. The first kappa shape index (κ1) is 18.4. The molecule has 5 rings (SSSR count). The van der Waals surface area contributed by atoms with Crippen molar-refractivity contribution in [1.82, 2.24) is 34.6 Å². The third-order valence-corrected chi connectivity index (χ3v) is 5.04. The molecule has 0 radical (unpaired) electrons. The molecule has 9 nitrogen and oxygen atoms in total. The van der Waals surface area contributed by atoms with E-state index in [4.69, 9.17) is 10.8 Å². The number of fused-ring (bicyclic) bond motifs is 1. The monoisotopic (exact) mass is 407 g/mol. The summed E-state index contributed by atoms with van der Waals surface area (Å²) in [5, 5.41) is 22.5.